The summed E-state index contributed by atoms with van der Waals surface area (Å²) in [5, 5.41) is 11.2. The van der Waals surface area contributed by atoms with Gasteiger partial charge in [-0.05, 0) is 24.1 Å². The lowest BCUT2D eigenvalue weighted by atomic mass is 10.1. The number of aliphatic hydroxyl groups is 1. The molecule has 0 fully saturated rings. The molecule has 0 saturated carbocycles. The van der Waals surface area contributed by atoms with Gasteiger partial charge in [0, 0.05) is 18.7 Å². The van der Waals surface area contributed by atoms with Crippen LogP contribution in [0.15, 0.2) is 18.2 Å². The fourth-order valence-corrected chi connectivity index (χ4v) is 1.57. The Balaban J connectivity index is 2.51. The zero-order valence-electron chi connectivity index (χ0n) is 12.3. The third kappa shape index (κ3) is 6.39. The molecule has 0 aliphatic rings. The van der Waals surface area contributed by atoms with Crippen molar-refractivity contribution in [2.45, 2.75) is 13.8 Å². The van der Waals surface area contributed by atoms with E-state index < -0.39 is 11.7 Å². The Morgan fingerprint density at radius 2 is 2.24 bits per heavy atom. The highest BCUT2D eigenvalue weighted by Gasteiger charge is 2.11. The molecule has 0 spiro atoms. The first kappa shape index (κ1) is 17.2. The maximum Gasteiger partial charge on any atom is 0.254 e. The van der Waals surface area contributed by atoms with Crippen molar-refractivity contribution < 1.29 is 19.0 Å². The molecule has 5 heteroatoms. The van der Waals surface area contributed by atoms with Gasteiger partial charge >= 0.3 is 0 Å². The summed E-state index contributed by atoms with van der Waals surface area (Å²) in [5.41, 5.74) is 0.381. The van der Waals surface area contributed by atoms with E-state index in [1.807, 2.05) is 13.8 Å². The van der Waals surface area contributed by atoms with Gasteiger partial charge < -0.3 is 15.2 Å². The molecule has 21 heavy (non-hydrogen) atoms. The smallest absolute Gasteiger partial charge is 0.254 e. The third-order valence-electron chi connectivity index (χ3n) is 2.51. The molecule has 0 unspecified atom stereocenters. The molecule has 2 N–H and O–H groups in total. The average molecular weight is 293 g/mol. The van der Waals surface area contributed by atoms with E-state index in [1.165, 1.54) is 18.2 Å². The van der Waals surface area contributed by atoms with Crippen molar-refractivity contribution in [2.24, 2.45) is 5.92 Å². The lowest BCUT2D eigenvalue weighted by molar-refractivity contribution is 0.0883. The molecule has 0 aromatic heterocycles. The molecular weight excluding hydrogens is 273 g/mol. The van der Waals surface area contributed by atoms with Crippen LogP contribution < -0.4 is 5.32 Å². The van der Waals surface area contributed by atoms with E-state index in [9.17, 15) is 9.18 Å². The maximum atomic E-state index is 13.8. The third-order valence-corrected chi connectivity index (χ3v) is 2.51. The number of hydrogen-bond donors (Lipinski definition) is 2. The monoisotopic (exact) mass is 293 g/mol. The maximum absolute atomic E-state index is 13.8. The molecule has 0 saturated heterocycles. The summed E-state index contributed by atoms with van der Waals surface area (Å²) in [6, 6.07) is 4.09. The molecule has 0 aliphatic heterocycles. The number of aliphatic hydroxyl groups excluding tert-OH is 1. The van der Waals surface area contributed by atoms with Crippen LogP contribution in [0.3, 0.4) is 0 Å². The van der Waals surface area contributed by atoms with Crippen LogP contribution in [0.4, 0.5) is 4.39 Å². The first-order chi connectivity index (χ1) is 10.0. The van der Waals surface area contributed by atoms with Crippen molar-refractivity contribution in [1.82, 2.24) is 5.32 Å². The van der Waals surface area contributed by atoms with Gasteiger partial charge in [-0.1, -0.05) is 25.7 Å². The average Bonchev–Trinajstić information content (AvgIpc) is 2.44. The lowest BCUT2D eigenvalue weighted by Crippen LogP contribution is -2.28. The molecule has 1 amide bonds. The molecule has 0 bridgehead atoms. The van der Waals surface area contributed by atoms with Gasteiger partial charge in [0.25, 0.3) is 5.91 Å². The Labute approximate surface area is 124 Å². The molecule has 4 nitrogen and oxygen atoms in total. The van der Waals surface area contributed by atoms with Crippen molar-refractivity contribution in [3.05, 3.63) is 35.1 Å². The van der Waals surface area contributed by atoms with E-state index in [0.717, 1.165) is 0 Å². The van der Waals surface area contributed by atoms with Crippen molar-refractivity contribution >= 4 is 5.91 Å². The Morgan fingerprint density at radius 1 is 1.48 bits per heavy atom. The van der Waals surface area contributed by atoms with E-state index in [4.69, 9.17) is 9.84 Å². The molecule has 114 valence electrons. The van der Waals surface area contributed by atoms with Gasteiger partial charge in [-0.2, -0.15) is 0 Å². The first-order valence-corrected chi connectivity index (χ1v) is 6.79. The van der Waals surface area contributed by atoms with Gasteiger partial charge in [0.2, 0.25) is 0 Å². The van der Waals surface area contributed by atoms with Crippen molar-refractivity contribution in [2.75, 3.05) is 26.4 Å². The zero-order chi connectivity index (χ0) is 15.7. The number of benzene rings is 1. The van der Waals surface area contributed by atoms with Crippen molar-refractivity contribution in [3.8, 4) is 11.8 Å². The summed E-state index contributed by atoms with van der Waals surface area (Å²) >= 11 is 0. The molecule has 1 rings (SSSR count). The van der Waals surface area contributed by atoms with Crippen LogP contribution in [0.5, 0.6) is 0 Å². The van der Waals surface area contributed by atoms with Crippen LogP contribution in [-0.4, -0.2) is 37.4 Å². The van der Waals surface area contributed by atoms with Crippen LogP contribution in [0.25, 0.3) is 0 Å². The molecular formula is C16H20FNO3. The zero-order valence-corrected chi connectivity index (χ0v) is 12.3. The number of carbonyl (C=O) groups excluding carboxylic acids is 1. The van der Waals surface area contributed by atoms with E-state index in [2.05, 4.69) is 17.2 Å². The number of amides is 1. The fourth-order valence-electron chi connectivity index (χ4n) is 1.57. The summed E-state index contributed by atoms with van der Waals surface area (Å²) in [6.45, 7) is 5.13. The summed E-state index contributed by atoms with van der Waals surface area (Å²) < 4.78 is 19.1. The Kier molecular flexibility index (Phi) is 7.44. The lowest BCUT2D eigenvalue weighted by Gasteiger charge is -2.08. The summed E-state index contributed by atoms with van der Waals surface area (Å²) in [6.07, 6.45) is 0. The molecule has 0 aliphatic carbocycles. The topological polar surface area (TPSA) is 58.6 Å². The van der Waals surface area contributed by atoms with Crippen LogP contribution in [0, 0.1) is 23.6 Å². The normalized spacial score (nSPS) is 10.1. The van der Waals surface area contributed by atoms with E-state index in [0.29, 0.717) is 31.2 Å². The van der Waals surface area contributed by atoms with Gasteiger partial charge in [-0.25, -0.2) is 4.39 Å². The summed E-state index contributed by atoms with van der Waals surface area (Å²) in [7, 11) is 0. The van der Waals surface area contributed by atoms with E-state index in [1.54, 1.807) is 0 Å². The van der Waals surface area contributed by atoms with Crippen molar-refractivity contribution in [1.29, 1.82) is 0 Å². The van der Waals surface area contributed by atoms with Gasteiger partial charge in [-0.3, -0.25) is 4.79 Å². The van der Waals surface area contributed by atoms with Crippen LogP contribution in [-0.2, 0) is 4.74 Å². The number of rotatable bonds is 6. The second kappa shape index (κ2) is 9.11. The van der Waals surface area contributed by atoms with Gasteiger partial charge in [0.1, 0.15) is 12.4 Å². The van der Waals surface area contributed by atoms with E-state index >= 15 is 0 Å². The molecule has 1 aromatic carbocycles. The Bertz CT molecular complexity index is 532. The predicted octanol–water partition coefficient (Wildman–Crippen LogP) is 1.57. The van der Waals surface area contributed by atoms with Gasteiger partial charge in [-0.15, -0.1) is 0 Å². The van der Waals surface area contributed by atoms with Gasteiger partial charge in [0.15, 0.2) is 0 Å². The Morgan fingerprint density at radius 3 is 2.86 bits per heavy atom. The van der Waals surface area contributed by atoms with Crippen LogP contribution in [0.1, 0.15) is 29.8 Å². The molecule has 0 radical (unpaired) electrons. The van der Waals surface area contributed by atoms with Crippen LogP contribution >= 0.6 is 0 Å². The Hall–Kier alpha value is -1.90. The number of ether oxygens (including phenoxy) is 1. The number of nitrogens with one attached hydrogen (secondary N) is 1. The fraction of sp³-hybridized carbons (Fsp3) is 0.438. The largest absolute Gasteiger partial charge is 0.384 e. The highest BCUT2D eigenvalue weighted by Crippen LogP contribution is 2.09. The summed E-state index contributed by atoms with van der Waals surface area (Å²) in [4.78, 5) is 11.8. The number of carbonyl (C=O) groups is 1. The molecule has 0 heterocycles. The quantitative estimate of drug-likeness (QED) is 0.618. The van der Waals surface area contributed by atoms with Crippen LogP contribution in [0.2, 0.25) is 0 Å². The minimum atomic E-state index is -0.639. The van der Waals surface area contributed by atoms with E-state index in [-0.39, 0.29) is 12.2 Å². The second-order valence-corrected chi connectivity index (χ2v) is 4.88. The van der Waals surface area contributed by atoms with Crippen molar-refractivity contribution in [3.63, 3.8) is 0 Å². The molecule has 0 atom stereocenters. The SMILES string of the molecule is CC(C)COCCNC(=O)c1ccc(C#CCO)cc1F. The summed E-state index contributed by atoms with van der Waals surface area (Å²) in [5.74, 6) is 4.31. The number of halogens is 1. The van der Waals surface area contributed by atoms with Gasteiger partial charge in [0.05, 0.1) is 12.2 Å². The minimum Gasteiger partial charge on any atom is -0.384 e. The second-order valence-electron chi connectivity index (χ2n) is 4.88. The molecule has 1 aromatic rings. The highest BCUT2D eigenvalue weighted by atomic mass is 19.1. The number of hydrogen-bond acceptors (Lipinski definition) is 3. The first-order valence-electron chi connectivity index (χ1n) is 6.79. The predicted molar refractivity (Wildman–Crippen MR) is 78.4 cm³/mol. The standard InChI is InChI=1S/C16H20FNO3/c1-12(2)11-21-9-7-18-16(20)14-6-5-13(4-3-8-19)10-15(14)17/h5-6,10,12,19H,7-9,11H2,1-2H3,(H,18,20). The highest BCUT2D eigenvalue weighted by molar-refractivity contribution is 5.94. The minimum absolute atomic E-state index is 0.0339.